The predicted molar refractivity (Wildman–Crippen MR) is 176 cm³/mol. The molecule has 1 aliphatic heterocycles. The predicted octanol–water partition coefficient (Wildman–Crippen LogP) is 5.68. The summed E-state index contributed by atoms with van der Waals surface area (Å²) in [6, 6.07) is 0. The van der Waals surface area contributed by atoms with Crippen molar-refractivity contribution in [1.82, 2.24) is 0 Å². The molecule has 0 amide bonds. The van der Waals surface area contributed by atoms with Gasteiger partial charge in [0.2, 0.25) is 0 Å². The summed E-state index contributed by atoms with van der Waals surface area (Å²) in [5.41, 5.74) is -5.65. The molecule has 0 bridgehead atoms. The van der Waals surface area contributed by atoms with Crippen molar-refractivity contribution in [2.45, 2.75) is 18.3 Å². The molecule has 1 aliphatic rings. The quantitative estimate of drug-likeness (QED) is 0.160. The molecule has 0 atom stereocenters. The Kier molecular flexibility index (Phi) is 61.6. The molecule has 1 rings (SSSR count). The average molecular weight is 810 g/mol. The minimum Gasteiger partial charge on any atom is -0.741 e. The molecule has 0 aromatic heterocycles. The fourth-order valence-electron chi connectivity index (χ4n) is 1.26. The van der Waals surface area contributed by atoms with Crippen LogP contribution in [0.25, 0.3) is 0 Å². The van der Waals surface area contributed by atoms with Crippen LogP contribution in [-0.4, -0.2) is 136 Å². The van der Waals surface area contributed by atoms with E-state index < -0.39 is 41.4 Å². The fraction of sp³-hybridized carbons (Fsp3) is 1.00. The molecule has 0 N–H and O–H groups in total. The molecule has 1 radical (unpaired) electrons. The third kappa shape index (κ3) is 67.1. The van der Waals surface area contributed by atoms with Crippen LogP contribution >= 0.6 is 41.7 Å². The van der Waals surface area contributed by atoms with E-state index in [1.165, 1.54) is 12.8 Å². The van der Waals surface area contributed by atoms with E-state index in [4.69, 9.17) is 58.4 Å². The summed E-state index contributed by atoms with van der Waals surface area (Å²) < 4.78 is 106. The van der Waals surface area contributed by atoms with Crippen molar-refractivity contribution in [3.05, 3.63) is 0 Å². The van der Waals surface area contributed by atoms with E-state index in [0.717, 1.165) is 13.2 Å². The molecule has 13 nitrogen and oxygen atoms in total. The number of ether oxygens (including phenoxy) is 1. The van der Waals surface area contributed by atoms with Gasteiger partial charge in [0, 0.05) is 70.0 Å². The van der Waals surface area contributed by atoms with Crippen LogP contribution in [0.1, 0.15) is 12.8 Å². The van der Waals surface area contributed by atoms with Gasteiger partial charge in [-0.2, -0.15) is 53.9 Å². The van der Waals surface area contributed by atoms with Gasteiger partial charge in [0.1, 0.15) is 0 Å². The standard InChI is InChI=1S/C4H8O.3C3H10O3P.2C3H9P.CHF3O3S.Co/c1-2-4-5-3-1;3*1-4-7(5-2)6-3;2*1-4(2)3;2-1(3,4)8(5,6)7;/h1-4H2;3*7H,1-3H3;2*1-3H3;(H,5,6,7);/q;3*+1;;;;/p+1. The maximum Gasteiger partial charge on any atom is 0.485 e. The molecule has 1 heterocycles. The van der Waals surface area contributed by atoms with Crippen molar-refractivity contribution in [3.8, 4) is 0 Å². The van der Waals surface area contributed by atoms with Crippen molar-refractivity contribution >= 4 is 51.8 Å². The topological polar surface area (TPSA) is 150 Å². The Hall–Kier alpha value is 1.96. The smallest absolute Gasteiger partial charge is 0.485 e. The van der Waals surface area contributed by atoms with Crippen LogP contribution in [0.2, 0.25) is 0 Å². The van der Waals surface area contributed by atoms with Gasteiger partial charge >= 0.3 is 31.3 Å². The molecule has 0 spiro atoms. The minimum atomic E-state index is -6.09. The molecular weight excluding hydrogens is 751 g/mol. The molecule has 0 aliphatic carbocycles. The zero-order valence-electron chi connectivity index (χ0n) is 28.0. The first kappa shape index (κ1) is 60.3. The summed E-state index contributed by atoms with van der Waals surface area (Å²) in [7, 11) is 4.07. The fourth-order valence-corrected chi connectivity index (χ4v) is 2.76. The maximum absolute atomic E-state index is 10.7. The molecule has 23 heteroatoms. The van der Waals surface area contributed by atoms with Crippen molar-refractivity contribution in [1.29, 1.82) is 0 Å². The zero-order chi connectivity index (χ0) is 34.8. The molecular formula is C20H58CoF3O13P5S+4. The van der Waals surface area contributed by atoms with Crippen LogP contribution in [0.3, 0.4) is 0 Å². The second-order valence-electron chi connectivity index (χ2n) is 7.81. The summed E-state index contributed by atoms with van der Waals surface area (Å²) in [5.74, 6) is 0. The van der Waals surface area contributed by atoms with Gasteiger partial charge in [-0.15, -0.1) is 0 Å². The van der Waals surface area contributed by atoms with Gasteiger partial charge in [-0.05, 0) is 28.7 Å². The van der Waals surface area contributed by atoms with Crippen molar-refractivity contribution < 1.29 is 88.4 Å². The van der Waals surface area contributed by atoms with E-state index in [2.05, 4.69) is 40.0 Å². The normalized spacial score (nSPS) is 12.1. The second-order valence-corrected chi connectivity index (χ2v) is 20.4. The Bertz CT molecular complexity index is 527. The Morgan fingerprint density at radius 2 is 0.698 bits per heavy atom. The number of alkyl halides is 3. The molecule has 0 unspecified atom stereocenters. The van der Waals surface area contributed by atoms with Gasteiger partial charge in [0.05, 0.1) is 64.0 Å². The first-order valence-corrected chi connectivity index (χ1v) is 22.9. The Labute approximate surface area is 275 Å². The summed E-state index contributed by atoms with van der Waals surface area (Å²) in [4.78, 5) is 0. The zero-order valence-corrected chi connectivity index (χ0v) is 34.9. The maximum atomic E-state index is 10.7. The summed E-state index contributed by atoms with van der Waals surface area (Å²) >= 11 is 0. The van der Waals surface area contributed by atoms with E-state index in [9.17, 15) is 13.2 Å². The van der Waals surface area contributed by atoms with E-state index in [1.807, 2.05) is 0 Å². The van der Waals surface area contributed by atoms with E-state index in [0.29, 0.717) is 0 Å². The van der Waals surface area contributed by atoms with Gasteiger partial charge in [-0.1, -0.05) is 0 Å². The van der Waals surface area contributed by atoms with Crippen molar-refractivity contribution in [2.75, 3.05) is 117 Å². The molecule has 273 valence electrons. The van der Waals surface area contributed by atoms with E-state index in [1.54, 1.807) is 64.0 Å². The first-order chi connectivity index (χ1) is 19.3. The third-order valence-corrected chi connectivity index (χ3v) is 6.18. The summed E-state index contributed by atoms with van der Waals surface area (Å²) in [6.45, 7) is 15.6. The first-order valence-electron chi connectivity index (χ1n) is 11.9. The van der Waals surface area contributed by atoms with Crippen LogP contribution in [0.5, 0.6) is 0 Å². The number of rotatable bonds is 9. The monoisotopic (exact) mass is 809 g/mol. The van der Waals surface area contributed by atoms with Crippen molar-refractivity contribution in [2.24, 2.45) is 0 Å². The van der Waals surface area contributed by atoms with Gasteiger partial charge in [0.15, 0.2) is 10.1 Å². The molecule has 1 fully saturated rings. The van der Waals surface area contributed by atoms with Crippen LogP contribution in [0.4, 0.5) is 13.2 Å². The molecule has 1 saturated heterocycles. The molecule has 43 heavy (non-hydrogen) atoms. The van der Waals surface area contributed by atoms with Gasteiger partial charge in [0.25, 0.3) is 0 Å². The van der Waals surface area contributed by atoms with Gasteiger partial charge < -0.3 is 9.29 Å². The third-order valence-electron chi connectivity index (χ3n) is 2.61. The average Bonchev–Trinajstić information content (AvgIpc) is 3.47. The van der Waals surface area contributed by atoms with Crippen LogP contribution in [0.15, 0.2) is 0 Å². The van der Waals surface area contributed by atoms with Crippen LogP contribution in [0, 0.1) is 0 Å². The largest absolute Gasteiger partial charge is 0.741 e. The Morgan fingerprint density at radius 1 is 0.558 bits per heavy atom. The number of hydrogen-bond donors (Lipinski definition) is 0. The van der Waals surface area contributed by atoms with Crippen LogP contribution < -0.4 is 0 Å². The molecule has 0 aromatic rings. The number of halogens is 3. The minimum absolute atomic E-state index is 0. The van der Waals surface area contributed by atoms with E-state index in [-0.39, 0.29) is 32.6 Å². The summed E-state index contributed by atoms with van der Waals surface area (Å²) in [6.07, 6.45) is 2.56. The van der Waals surface area contributed by atoms with Gasteiger partial charge in [-0.25, -0.2) is 8.42 Å². The van der Waals surface area contributed by atoms with Crippen molar-refractivity contribution in [3.63, 3.8) is 0 Å². The molecule has 0 aromatic carbocycles. The SMILES string of the molecule is C1CCOC1.CO[PH+](OC)OC.CO[PH+](OC)OC.CO[PH+](OC)OC.C[PH+](C)C.C[PH+](C)C.O=S(=O)([O-])C(F)(F)F.[Co]. The van der Waals surface area contributed by atoms with Crippen LogP contribution in [-0.2, 0) is 72.3 Å². The van der Waals surface area contributed by atoms with E-state index >= 15 is 0 Å². The molecule has 0 saturated carbocycles. The van der Waals surface area contributed by atoms with Gasteiger partial charge in [-0.3, -0.25) is 0 Å². The summed E-state index contributed by atoms with van der Waals surface area (Å²) in [5, 5.41) is 0. The number of hydrogen-bond acceptors (Lipinski definition) is 13. The second kappa shape index (κ2) is 44.0. The Balaban J connectivity index is -0.0000000710. The Morgan fingerprint density at radius 3 is 0.721 bits per heavy atom.